The summed E-state index contributed by atoms with van der Waals surface area (Å²) >= 11 is 0. The van der Waals surface area contributed by atoms with Crippen molar-refractivity contribution in [2.45, 2.75) is 40.5 Å². The Bertz CT molecular complexity index is 465. The Morgan fingerprint density at radius 1 is 0.875 bits per heavy atom. The van der Waals surface area contributed by atoms with Crippen molar-refractivity contribution < 1.29 is 0 Å². The molecule has 0 amide bonds. The average Bonchev–Trinajstić information content (AvgIpc) is 2.27. The maximum absolute atomic E-state index is 2.26. The molecule has 0 atom stereocenters. The Labute approximate surface area is 98.7 Å². The van der Waals surface area contributed by atoms with Crippen molar-refractivity contribution in [2.75, 3.05) is 0 Å². The molecule has 0 nitrogen and oxygen atoms in total. The highest BCUT2D eigenvalue weighted by molar-refractivity contribution is 5.84. The molecule has 1 aliphatic rings. The third-order valence-corrected chi connectivity index (χ3v) is 3.34. The first-order chi connectivity index (χ1) is 7.61. The van der Waals surface area contributed by atoms with Crippen LogP contribution in [0, 0.1) is 0 Å². The van der Waals surface area contributed by atoms with E-state index in [1.54, 1.807) is 5.57 Å². The summed E-state index contributed by atoms with van der Waals surface area (Å²) in [6.45, 7) is 8.90. The van der Waals surface area contributed by atoms with Crippen LogP contribution in [0.1, 0.15) is 45.2 Å². The lowest BCUT2D eigenvalue weighted by atomic mass is 9.80. The van der Waals surface area contributed by atoms with Gasteiger partial charge in [0, 0.05) is 0 Å². The molecule has 0 N–H and O–H groups in total. The van der Waals surface area contributed by atoms with Gasteiger partial charge in [0.05, 0.1) is 0 Å². The fraction of sp³-hybridized carbons (Fsp3) is 0.375. The molecule has 0 saturated carbocycles. The summed E-state index contributed by atoms with van der Waals surface area (Å²) in [4.78, 5) is 0. The minimum Gasteiger partial charge on any atom is -0.0726 e. The van der Waals surface area contributed by atoms with Gasteiger partial charge in [0.25, 0.3) is 0 Å². The van der Waals surface area contributed by atoms with E-state index in [-0.39, 0.29) is 0 Å². The second-order valence-corrected chi connectivity index (χ2v) is 5.01. The molecule has 0 aromatic heterocycles. The molecule has 1 aromatic rings. The fourth-order valence-corrected chi connectivity index (χ4v) is 2.60. The van der Waals surface area contributed by atoms with Crippen molar-refractivity contribution in [1.29, 1.82) is 0 Å². The second kappa shape index (κ2) is 4.29. The van der Waals surface area contributed by atoms with Gasteiger partial charge in [0.15, 0.2) is 0 Å². The number of hydrogen-bond donors (Lipinski definition) is 0. The highest BCUT2D eigenvalue weighted by Crippen LogP contribution is 2.38. The number of aryl methyl sites for hydroxylation is 1. The maximum Gasteiger partial charge on any atom is -0.0150 e. The van der Waals surface area contributed by atoms with Gasteiger partial charge in [-0.3, -0.25) is 0 Å². The normalized spacial score (nSPS) is 14.8. The molecule has 16 heavy (non-hydrogen) atoms. The molecule has 0 saturated heterocycles. The van der Waals surface area contributed by atoms with Gasteiger partial charge in [-0.05, 0) is 62.8 Å². The summed E-state index contributed by atoms with van der Waals surface area (Å²) in [7, 11) is 0. The van der Waals surface area contributed by atoms with Gasteiger partial charge in [-0.15, -0.1) is 0 Å². The van der Waals surface area contributed by atoms with Crippen LogP contribution in [0.5, 0.6) is 0 Å². The summed E-state index contributed by atoms with van der Waals surface area (Å²) in [5.74, 6) is 0. The van der Waals surface area contributed by atoms with Crippen LogP contribution in [0.3, 0.4) is 0 Å². The highest BCUT2D eigenvalue weighted by atomic mass is 14.2. The molecule has 0 fully saturated rings. The molecular formula is C16H20. The van der Waals surface area contributed by atoms with Gasteiger partial charge in [-0.1, -0.05) is 35.4 Å². The van der Waals surface area contributed by atoms with E-state index in [0.29, 0.717) is 0 Å². The first-order valence-corrected chi connectivity index (χ1v) is 6.03. The van der Waals surface area contributed by atoms with Gasteiger partial charge in [0.1, 0.15) is 0 Å². The maximum atomic E-state index is 2.26. The van der Waals surface area contributed by atoms with Crippen molar-refractivity contribution in [3.8, 4) is 0 Å². The Hall–Kier alpha value is -1.30. The number of allylic oxidation sites excluding steroid dienone is 4. The lowest BCUT2D eigenvalue weighted by Gasteiger charge is -2.25. The summed E-state index contributed by atoms with van der Waals surface area (Å²) in [5.41, 5.74) is 8.89. The summed E-state index contributed by atoms with van der Waals surface area (Å²) < 4.78 is 0. The molecule has 0 radical (unpaired) electrons. The average molecular weight is 212 g/mol. The van der Waals surface area contributed by atoms with Crippen molar-refractivity contribution >= 4 is 5.57 Å². The van der Waals surface area contributed by atoms with Crippen LogP contribution in [0.4, 0.5) is 0 Å². The number of hydrogen-bond acceptors (Lipinski definition) is 0. The largest absolute Gasteiger partial charge is 0.0726 e. The predicted octanol–water partition coefficient (Wildman–Crippen LogP) is 4.76. The minimum absolute atomic E-state index is 1.19. The van der Waals surface area contributed by atoms with E-state index in [9.17, 15) is 0 Å². The third kappa shape index (κ3) is 1.84. The topological polar surface area (TPSA) is 0 Å². The molecule has 0 bridgehead atoms. The molecule has 0 heterocycles. The summed E-state index contributed by atoms with van der Waals surface area (Å²) in [5, 5.41) is 0. The zero-order valence-electron chi connectivity index (χ0n) is 10.7. The van der Waals surface area contributed by atoms with Crippen molar-refractivity contribution in [3.63, 3.8) is 0 Å². The Morgan fingerprint density at radius 3 is 2.19 bits per heavy atom. The van der Waals surface area contributed by atoms with Crippen LogP contribution in [-0.2, 0) is 6.42 Å². The monoisotopic (exact) mass is 212 g/mol. The van der Waals surface area contributed by atoms with E-state index >= 15 is 0 Å². The zero-order chi connectivity index (χ0) is 11.7. The SMILES string of the molecule is CC(C)=C1CCc2ccccc2C1=C(C)C. The van der Waals surface area contributed by atoms with Gasteiger partial charge >= 0.3 is 0 Å². The lowest BCUT2D eigenvalue weighted by Crippen LogP contribution is -2.07. The fourth-order valence-electron chi connectivity index (χ4n) is 2.60. The van der Waals surface area contributed by atoms with E-state index in [1.165, 1.54) is 40.7 Å². The molecule has 0 spiro atoms. The van der Waals surface area contributed by atoms with Gasteiger partial charge < -0.3 is 0 Å². The van der Waals surface area contributed by atoms with Gasteiger partial charge in [0.2, 0.25) is 0 Å². The van der Waals surface area contributed by atoms with Crippen LogP contribution < -0.4 is 0 Å². The van der Waals surface area contributed by atoms with E-state index in [2.05, 4.69) is 52.0 Å². The van der Waals surface area contributed by atoms with Gasteiger partial charge in [-0.25, -0.2) is 0 Å². The number of benzene rings is 1. The highest BCUT2D eigenvalue weighted by Gasteiger charge is 2.19. The van der Waals surface area contributed by atoms with E-state index in [0.717, 1.165) is 0 Å². The zero-order valence-corrected chi connectivity index (χ0v) is 10.7. The lowest BCUT2D eigenvalue weighted by molar-refractivity contribution is 0.919. The first kappa shape index (κ1) is 11.2. The van der Waals surface area contributed by atoms with Crippen molar-refractivity contribution in [3.05, 3.63) is 52.1 Å². The quantitative estimate of drug-likeness (QED) is 0.581. The molecule has 1 aliphatic carbocycles. The number of rotatable bonds is 0. The van der Waals surface area contributed by atoms with Crippen LogP contribution in [0.25, 0.3) is 5.57 Å². The standard InChI is InChI=1S/C16H20/c1-11(2)14-10-9-13-7-5-6-8-15(13)16(14)12(3)4/h5-8H,9-10H2,1-4H3. The smallest absolute Gasteiger partial charge is 0.0150 e. The molecule has 0 aliphatic heterocycles. The third-order valence-electron chi connectivity index (χ3n) is 3.34. The van der Waals surface area contributed by atoms with Crippen molar-refractivity contribution in [1.82, 2.24) is 0 Å². The molecular weight excluding hydrogens is 192 g/mol. The molecule has 2 rings (SSSR count). The molecule has 84 valence electrons. The molecule has 1 aromatic carbocycles. The van der Waals surface area contributed by atoms with Gasteiger partial charge in [-0.2, -0.15) is 0 Å². The molecule has 0 heteroatoms. The summed E-state index contributed by atoms with van der Waals surface area (Å²) in [6.07, 6.45) is 2.38. The van der Waals surface area contributed by atoms with Crippen LogP contribution in [0.15, 0.2) is 41.0 Å². The number of fused-ring (bicyclic) bond motifs is 1. The Morgan fingerprint density at radius 2 is 1.56 bits per heavy atom. The van der Waals surface area contributed by atoms with E-state index < -0.39 is 0 Å². The van der Waals surface area contributed by atoms with E-state index in [4.69, 9.17) is 0 Å². The summed E-state index contributed by atoms with van der Waals surface area (Å²) in [6, 6.07) is 8.82. The van der Waals surface area contributed by atoms with Crippen LogP contribution >= 0.6 is 0 Å². The van der Waals surface area contributed by atoms with Crippen molar-refractivity contribution in [2.24, 2.45) is 0 Å². The predicted molar refractivity (Wildman–Crippen MR) is 71.4 cm³/mol. The second-order valence-electron chi connectivity index (χ2n) is 5.01. The van der Waals surface area contributed by atoms with E-state index in [1.807, 2.05) is 0 Å². The first-order valence-electron chi connectivity index (χ1n) is 6.03. The van der Waals surface area contributed by atoms with Crippen LogP contribution in [-0.4, -0.2) is 0 Å². The Kier molecular flexibility index (Phi) is 3.00. The molecule has 0 unspecified atom stereocenters. The Balaban J connectivity index is 2.68. The minimum atomic E-state index is 1.19. The van der Waals surface area contributed by atoms with Crippen LogP contribution in [0.2, 0.25) is 0 Å².